The standard InChI is InChI=1S/C17H23N/c1-3-16(14-18)11-7-4-6-10-15(2)17-12-8-5-9-13-17/h4-5,7-9,12-13,15-16H,3,6,10-11H2,1-2H3/b7-4+. The zero-order valence-corrected chi connectivity index (χ0v) is 11.5. The molecule has 0 aromatic heterocycles. The van der Waals surface area contributed by atoms with E-state index in [1.165, 1.54) is 12.0 Å². The van der Waals surface area contributed by atoms with Gasteiger partial charge in [0.25, 0.3) is 0 Å². The van der Waals surface area contributed by atoms with E-state index >= 15 is 0 Å². The molecule has 0 aliphatic rings. The largest absolute Gasteiger partial charge is 0.198 e. The molecule has 0 saturated heterocycles. The molecular formula is C17H23N. The summed E-state index contributed by atoms with van der Waals surface area (Å²) in [4.78, 5) is 0. The summed E-state index contributed by atoms with van der Waals surface area (Å²) in [6.07, 6.45) is 8.49. The molecular weight excluding hydrogens is 218 g/mol. The summed E-state index contributed by atoms with van der Waals surface area (Å²) >= 11 is 0. The Labute approximate surface area is 111 Å². The first-order valence-electron chi connectivity index (χ1n) is 6.87. The number of hydrogen-bond donors (Lipinski definition) is 0. The van der Waals surface area contributed by atoms with E-state index < -0.39 is 0 Å². The van der Waals surface area contributed by atoms with E-state index in [1.54, 1.807) is 0 Å². The summed E-state index contributed by atoms with van der Waals surface area (Å²) in [7, 11) is 0. The summed E-state index contributed by atoms with van der Waals surface area (Å²) in [5.74, 6) is 0.793. The number of nitriles is 1. The summed E-state index contributed by atoms with van der Waals surface area (Å²) < 4.78 is 0. The highest BCUT2D eigenvalue weighted by molar-refractivity contribution is 5.18. The predicted octanol–water partition coefficient (Wildman–Crippen LogP) is 5.07. The van der Waals surface area contributed by atoms with Gasteiger partial charge in [0.2, 0.25) is 0 Å². The SMILES string of the molecule is CCC(C#N)C/C=C/CCC(C)c1ccccc1. The first kappa shape index (κ1) is 14.5. The van der Waals surface area contributed by atoms with E-state index in [0.717, 1.165) is 19.3 Å². The molecule has 0 radical (unpaired) electrons. The van der Waals surface area contributed by atoms with Crippen molar-refractivity contribution in [2.75, 3.05) is 0 Å². The van der Waals surface area contributed by atoms with Gasteiger partial charge in [-0.1, -0.05) is 56.3 Å². The molecule has 1 heteroatoms. The van der Waals surface area contributed by atoms with Gasteiger partial charge in [-0.05, 0) is 37.2 Å². The van der Waals surface area contributed by atoms with Gasteiger partial charge < -0.3 is 0 Å². The molecule has 0 saturated carbocycles. The monoisotopic (exact) mass is 241 g/mol. The molecule has 0 bridgehead atoms. The van der Waals surface area contributed by atoms with Gasteiger partial charge in [-0.25, -0.2) is 0 Å². The van der Waals surface area contributed by atoms with Crippen LogP contribution in [0.2, 0.25) is 0 Å². The Morgan fingerprint density at radius 2 is 1.94 bits per heavy atom. The van der Waals surface area contributed by atoms with E-state index in [-0.39, 0.29) is 5.92 Å². The Kier molecular flexibility index (Phi) is 6.87. The van der Waals surface area contributed by atoms with Crippen LogP contribution >= 0.6 is 0 Å². The fourth-order valence-corrected chi connectivity index (χ4v) is 1.98. The van der Waals surface area contributed by atoms with Crippen LogP contribution in [0.25, 0.3) is 0 Å². The van der Waals surface area contributed by atoms with Crippen molar-refractivity contribution >= 4 is 0 Å². The molecule has 0 N–H and O–H groups in total. The molecule has 0 fully saturated rings. The molecule has 2 atom stereocenters. The fourth-order valence-electron chi connectivity index (χ4n) is 1.98. The summed E-state index contributed by atoms with van der Waals surface area (Å²) in [5, 5.41) is 8.84. The number of allylic oxidation sites excluding steroid dienone is 2. The van der Waals surface area contributed by atoms with Crippen LogP contribution in [-0.4, -0.2) is 0 Å². The van der Waals surface area contributed by atoms with Crippen molar-refractivity contribution in [2.24, 2.45) is 5.92 Å². The molecule has 1 aromatic carbocycles. The summed E-state index contributed by atoms with van der Waals surface area (Å²) in [5.41, 5.74) is 1.41. The second-order valence-corrected chi connectivity index (χ2v) is 4.83. The fraction of sp³-hybridized carbons (Fsp3) is 0.471. The number of nitrogens with zero attached hydrogens (tertiary/aromatic N) is 1. The first-order chi connectivity index (χ1) is 8.77. The van der Waals surface area contributed by atoms with Crippen LogP contribution in [0.3, 0.4) is 0 Å². The third kappa shape index (κ3) is 5.19. The second-order valence-electron chi connectivity index (χ2n) is 4.83. The van der Waals surface area contributed by atoms with Gasteiger partial charge in [0.15, 0.2) is 0 Å². The highest BCUT2D eigenvalue weighted by Gasteiger charge is 2.03. The van der Waals surface area contributed by atoms with Crippen molar-refractivity contribution in [3.05, 3.63) is 48.0 Å². The average molecular weight is 241 g/mol. The van der Waals surface area contributed by atoms with E-state index in [1.807, 2.05) is 0 Å². The van der Waals surface area contributed by atoms with Gasteiger partial charge in [-0.2, -0.15) is 5.26 Å². The van der Waals surface area contributed by atoms with Crippen molar-refractivity contribution in [3.8, 4) is 6.07 Å². The Hall–Kier alpha value is -1.55. The van der Waals surface area contributed by atoms with Crippen LogP contribution < -0.4 is 0 Å². The minimum absolute atomic E-state index is 0.188. The van der Waals surface area contributed by atoms with Gasteiger partial charge >= 0.3 is 0 Å². The third-order valence-corrected chi connectivity index (χ3v) is 3.40. The molecule has 1 rings (SSSR count). The molecule has 0 aliphatic carbocycles. The molecule has 96 valence electrons. The van der Waals surface area contributed by atoms with E-state index in [4.69, 9.17) is 5.26 Å². The lowest BCUT2D eigenvalue weighted by Crippen LogP contribution is -1.93. The van der Waals surface area contributed by atoms with Crippen molar-refractivity contribution < 1.29 is 0 Å². The Bertz CT molecular complexity index is 386. The minimum atomic E-state index is 0.188. The number of rotatable bonds is 7. The normalized spacial score (nSPS) is 14.3. The van der Waals surface area contributed by atoms with Crippen LogP contribution in [0, 0.1) is 17.2 Å². The molecule has 2 unspecified atom stereocenters. The van der Waals surface area contributed by atoms with Gasteiger partial charge in [0.05, 0.1) is 6.07 Å². The highest BCUT2D eigenvalue weighted by atomic mass is 14.3. The molecule has 0 amide bonds. The molecule has 0 aliphatic heterocycles. The van der Waals surface area contributed by atoms with Gasteiger partial charge in [-0.3, -0.25) is 0 Å². The Balaban J connectivity index is 2.26. The van der Waals surface area contributed by atoms with Gasteiger partial charge in [0, 0.05) is 5.92 Å². The average Bonchev–Trinajstić information content (AvgIpc) is 2.43. The van der Waals surface area contributed by atoms with Crippen molar-refractivity contribution in [1.29, 1.82) is 5.26 Å². The van der Waals surface area contributed by atoms with Gasteiger partial charge in [-0.15, -0.1) is 0 Å². The third-order valence-electron chi connectivity index (χ3n) is 3.40. The maximum absolute atomic E-state index is 8.84. The topological polar surface area (TPSA) is 23.8 Å². The molecule has 0 heterocycles. The lowest BCUT2D eigenvalue weighted by molar-refractivity contribution is 0.647. The van der Waals surface area contributed by atoms with E-state index in [0.29, 0.717) is 5.92 Å². The zero-order chi connectivity index (χ0) is 13.2. The molecule has 0 spiro atoms. The van der Waals surface area contributed by atoms with Crippen LogP contribution in [0.4, 0.5) is 0 Å². The lowest BCUT2D eigenvalue weighted by atomic mass is 9.96. The van der Waals surface area contributed by atoms with Crippen molar-refractivity contribution in [1.82, 2.24) is 0 Å². The number of benzene rings is 1. The first-order valence-corrected chi connectivity index (χ1v) is 6.87. The smallest absolute Gasteiger partial charge is 0.0658 e. The van der Waals surface area contributed by atoms with Crippen LogP contribution in [-0.2, 0) is 0 Å². The maximum atomic E-state index is 8.84. The number of hydrogen-bond acceptors (Lipinski definition) is 1. The minimum Gasteiger partial charge on any atom is -0.198 e. The van der Waals surface area contributed by atoms with Crippen LogP contribution in [0.5, 0.6) is 0 Å². The lowest BCUT2D eigenvalue weighted by Gasteiger charge is -2.09. The predicted molar refractivity (Wildman–Crippen MR) is 77.2 cm³/mol. The summed E-state index contributed by atoms with van der Waals surface area (Å²) in [6.45, 7) is 4.34. The van der Waals surface area contributed by atoms with E-state index in [9.17, 15) is 0 Å². The van der Waals surface area contributed by atoms with E-state index in [2.05, 4.69) is 62.4 Å². The van der Waals surface area contributed by atoms with Gasteiger partial charge in [0.1, 0.15) is 0 Å². The zero-order valence-electron chi connectivity index (χ0n) is 11.5. The molecule has 1 nitrogen and oxygen atoms in total. The van der Waals surface area contributed by atoms with Crippen molar-refractivity contribution in [3.63, 3.8) is 0 Å². The molecule has 1 aromatic rings. The van der Waals surface area contributed by atoms with Crippen molar-refractivity contribution in [2.45, 2.75) is 45.4 Å². The highest BCUT2D eigenvalue weighted by Crippen LogP contribution is 2.20. The second kappa shape index (κ2) is 8.53. The Morgan fingerprint density at radius 3 is 2.56 bits per heavy atom. The van der Waals surface area contributed by atoms with Crippen LogP contribution in [0.1, 0.15) is 51.0 Å². The quantitative estimate of drug-likeness (QED) is 0.612. The maximum Gasteiger partial charge on any atom is 0.0658 e. The van der Waals surface area contributed by atoms with Crippen LogP contribution in [0.15, 0.2) is 42.5 Å². The molecule has 18 heavy (non-hydrogen) atoms. The summed E-state index contributed by atoms with van der Waals surface area (Å²) in [6, 6.07) is 13.0. The Morgan fingerprint density at radius 1 is 1.22 bits per heavy atom.